The third kappa shape index (κ3) is 30.7. The number of nitrogens with zero attached hydrogens (tertiary/aromatic N) is 13. The molecule has 0 spiro atoms. The van der Waals surface area contributed by atoms with Crippen LogP contribution in [0.5, 0.6) is 0 Å². The summed E-state index contributed by atoms with van der Waals surface area (Å²) in [5.74, 6) is 1.35. The number of halogens is 3. The number of thioether (sulfide) groups is 1. The first-order valence-corrected chi connectivity index (χ1v) is 39.9. The van der Waals surface area contributed by atoms with Crippen LogP contribution in [-0.2, 0) is 74.0 Å². The maximum Gasteiger partial charge on any atom is 0.411 e. The van der Waals surface area contributed by atoms with Gasteiger partial charge in [-0.1, -0.05) is 19.2 Å². The molecule has 8 aliphatic heterocycles. The Hall–Kier alpha value is -7.54. The molecule has 5 N–H and O–H groups in total. The first-order chi connectivity index (χ1) is 52.3. The van der Waals surface area contributed by atoms with Gasteiger partial charge in [-0.15, -0.1) is 12.4 Å². The average Bonchev–Trinajstić information content (AvgIpc) is 1.66. The Morgan fingerprint density at radius 3 is 1.27 bits per heavy atom. The fourth-order valence-electron chi connectivity index (χ4n) is 12.0. The van der Waals surface area contributed by atoms with Gasteiger partial charge in [0.15, 0.2) is 10.9 Å². The Balaban J connectivity index is 0.000000354. The minimum Gasteiger partial charge on any atom is -0.444 e. The van der Waals surface area contributed by atoms with Crippen LogP contribution in [0.1, 0.15) is 236 Å². The number of amides is 4. The molecule has 4 amide bonds. The Bertz CT molecular complexity index is 3880. The lowest BCUT2D eigenvalue weighted by molar-refractivity contribution is -0.114. The smallest absolute Gasteiger partial charge is 0.411 e. The molecule has 0 bridgehead atoms. The highest BCUT2D eigenvalue weighted by Gasteiger charge is 2.41. The van der Waals surface area contributed by atoms with Crippen molar-refractivity contribution in [3.63, 3.8) is 0 Å². The van der Waals surface area contributed by atoms with Gasteiger partial charge in [-0.25, -0.2) is 67.5 Å². The second-order valence-electron chi connectivity index (χ2n) is 31.5. The molecule has 0 saturated carbocycles. The summed E-state index contributed by atoms with van der Waals surface area (Å²) in [5, 5.41) is 10.6. The van der Waals surface area contributed by atoms with Gasteiger partial charge in [-0.05, 0) is 162 Å². The number of sulfone groups is 1. The van der Waals surface area contributed by atoms with Crippen molar-refractivity contribution in [1.82, 2.24) is 69.7 Å². The Kier molecular flexibility index (Phi) is 37.7. The number of anilines is 2. The highest BCUT2D eigenvalue weighted by atomic mass is 35.5. The van der Waals surface area contributed by atoms with Gasteiger partial charge in [-0.3, -0.25) is 33.2 Å². The van der Waals surface area contributed by atoms with Crippen molar-refractivity contribution in [1.29, 1.82) is 0 Å². The van der Waals surface area contributed by atoms with Gasteiger partial charge in [0, 0.05) is 150 Å². The molecule has 31 nitrogen and oxygen atoms in total. The van der Waals surface area contributed by atoms with Crippen LogP contribution in [0.3, 0.4) is 0 Å². The number of nitrogens with one attached hydrogen (secondary N) is 3. The highest BCUT2D eigenvalue weighted by molar-refractivity contribution is 7.98. The molecule has 5 unspecified atom stereocenters. The van der Waals surface area contributed by atoms with E-state index in [0.717, 1.165) is 136 Å². The third-order valence-electron chi connectivity index (χ3n) is 17.7. The number of likely N-dealkylation sites (tertiary alicyclic amines) is 1. The van der Waals surface area contributed by atoms with E-state index in [2.05, 4.69) is 62.7 Å². The fraction of sp³-hybridized carbons (Fsp3) is 0.697. The fourth-order valence-corrected chi connectivity index (χ4v) is 12.8. The maximum absolute atomic E-state index is 12.4. The van der Waals surface area contributed by atoms with Gasteiger partial charge in [0.2, 0.25) is 26.9 Å². The average molecular weight is 1640 g/mol. The first-order valence-electron chi connectivity index (χ1n) is 38.2. The summed E-state index contributed by atoms with van der Waals surface area (Å²) in [6.07, 6.45) is 16.4. The Morgan fingerprint density at radius 1 is 0.571 bits per heavy atom. The number of fused-ring (bicyclic) bond motifs is 4. The lowest BCUT2D eigenvalue weighted by Crippen LogP contribution is -2.39. The molecule has 112 heavy (non-hydrogen) atoms. The molecule has 4 aromatic rings. The zero-order valence-corrected chi connectivity index (χ0v) is 71.0. The van der Waals surface area contributed by atoms with E-state index in [0.29, 0.717) is 54.5 Å². The minimum atomic E-state index is -3.47. The number of carbonyl (C=O) groups excluding carboxylic acids is 5. The lowest BCUT2D eigenvalue weighted by Gasteiger charge is -2.26. The van der Waals surface area contributed by atoms with Gasteiger partial charge in [0.05, 0.1) is 90.2 Å². The summed E-state index contributed by atoms with van der Waals surface area (Å²) >= 11 is 1.50. The Labute approximate surface area is 675 Å². The molecule has 8 aliphatic rings. The zero-order valence-electron chi connectivity index (χ0n) is 70.5. The number of nitrogens with two attached hydrogens (primary N) is 1. The summed E-state index contributed by atoms with van der Waals surface area (Å²) in [7, 11) is -1.76. The van der Waals surface area contributed by atoms with Crippen molar-refractivity contribution < 1.29 is 77.1 Å². The normalized spacial score (nSPS) is 20.5. The molecule has 36 heteroatoms. The van der Waals surface area contributed by atoms with Gasteiger partial charge < -0.3 is 59.7 Å². The van der Waals surface area contributed by atoms with E-state index >= 15 is 0 Å². The molecule has 0 aliphatic carbocycles. The van der Waals surface area contributed by atoms with Crippen LogP contribution in [0.15, 0.2) is 46.9 Å². The van der Waals surface area contributed by atoms with Crippen LogP contribution in [0.4, 0.5) is 39.9 Å². The summed E-state index contributed by atoms with van der Waals surface area (Å²) in [6, 6.07) is 0.980. The second-order valence-corrected chi connectivity index (χ2v) is 34.2. The standard InChI is InChI=1S/C17H26N4O3.C13H19N3O4S.C13H19N3O2S.C13H22N2O3.C12H18N4O.C5H11NO.2CH3F.CH4.ClH/c1-11-13-9-18-15(19-12-5-7-23-8-6-12)20-14(13)10-21(11)16(22)24-17(2,3)4;1-8-9-6-14-11(21(5,18)19)15-10(9)7-16(8)12(17)20-13(2,3)4;1-8-9-6-14-11(19-5)15-10(9)7-16(8)12(17)18-13(2,3)4;1-9-10(7-14(5)6)11(16)8-15(9)12(17)18-13(2,3)4;1-8-10-6-14-12(16-11(10)7-13-8)15-9-2-4-17-5-3-9;6-5-1-3-7-4-2-5;2*1-2;;/h9,11-12H,5-8,10H2,1-4H3,(H,18,19,20);6,8H,7H2,1-5H3;6,8H,7H2,1-5H3;7,9H,8H2,1-6H3;6,8-9,13H,2-5,7H2,1H3,(H,14,15,16);5H,1-4,6H2;2*1H3;1H4;1H/b;;;10-7-;;;;;;/i;;;;;;2*1D;;. The quantitative estimate of drug-likeness (QED) is 0.0578. The molecular formula is C76H126ClF2N17O14S2. The summed E-state index contributed by atoms with van der Waals surface area (Å²) in [6.45, 7) is 38.8. The molecule has 4 aromatic heterocycles. The number of Topliss-reactive ketones (excluding diaryl/α,β-unsaturated/α-hetero) is 1. The van der Waals surface area contributed by atoms with Crippen LogP contribution in [0.2, 0.25) is 0 Å². The van der Waals surface area contributed by atoms with Gasteiger partial charge in [-0.2, -0.15) is 0 Å². The number of aromatic nitrogens is 8. The summed E-state index contributed by atoms with van der Waals surface area (Å²) in [5.41, 5.74) is 11.5. The SMILES string of the molecule is C.CC1/C(=C/N(C)C)C(=O)CN1C(=O)OC(C)(C)C.CC1NCc2nc(NC3CCOCC3)ncc21.CC1c2cnc(NC3CCOCC3)nc2CN1C(=O)OC(C)(C)C.CC1c2cnc(S(C)(=O)=O)nc2CN1C(=O)OC(C)(C)C.CSc1ncc2c(n1)CN(C(=O)OC(C)(C)C)C2C.Cl.NC1CCOCC1.[2H]CF.[2H]CF. The van der Waals surface area contributed by atoms with Crippen LogP contribution in [0.25, 0.3) is 0 Å². The van der Waals surface area contributed by atoms with Crippen LogP contribution in [-0.4, -0.2) is 237 Å². The van der Waals surface area contributed by atoms with E-state index in [4.69, 9.17) is 41.6 Å². The molecule has 4 fully saturated rings. The van der Waals surface area contributed by atoms with Crippen LogP contribution >= 0.6 is 24.2 Å². The zero-order chi connectivity index (χ0) is 83.8. The molecular weight excluding hydrogens is 1510 g/mol. The van der Waals surface area contributed by atoms with E-state index < -0.39 is 58.7 Å². The first kappa shape index (κ1) is 95.1. The topological polar surface area (TPSA) is 366 Å². The molecule has 5 atom stereocenters. The lowest BCUT2D eigenvalue weighted by atomic mass is 10.1. The van der Waals surface area contributed by atoms with Gasteiger partial charge in [0.1, 0.15) is 22.4 Å². The number of hydrogen-bond acceptors (Lipinski definition) is 28. The molecule has 4 saturated heterocycles. The number of alkyl halides is 2. The maximum atomic E-state index is 12.4. The number of carbonyl (C=O) groups is 5. The molecule has 632 valence electrons. The molecule has 12 rings (SSSR count). The number of ketones is 1. The van der Waals surface area contributed by atoms with E-state index in [1.165, 1.54) is 33.3 Å². The number of rotatable bonds is 7. The summed E-state index contributed by atoms with van der Waals surface area (Å²) < 4.78 is 91.3. The van der Waals surface area contributed by atoms with Gasteiger partial charge >= 0.3 is 24.4 Å². The molecule has 0 aromatic carbocycles. The Morgan fingerprint density at radius 2 is 0.911 bits per heavy atom. The molecule has 12 heterocycles. The van der Waals surface area contributed by atoms with E-state index in [9.17, 15) is 41.2 Å². The van der Waals surface area contributed by atoms with Gasteiger partial charge in [0.25, 0.3) is 0 Å². The van der Waals surface area contributed by atoms with Crippen molar-refractivity contribution in [2.45, 2.75) is 271 Å². The van der Waals surface area contributed by atoms with Crippen molar-refractivity contribution in [2.24, 2.45) is 5.73 Å². The third-order valence-corrected chi connectivity index (χ3v) is 19.1. The van der Waals surface area contributed by atoms with E-state index in [1.54, 1.807) is 36.8 Å². The van der Waals surface area contributed by atoms with E-state index in [1.807, 2.05) is 134 Å². The van der Waals surface area contributed by atoms with Crippen molar-refractivity contribution >= 4 is 76.1 Å². The van der Waals surface area contributed by atoms with Crippen molar-refractivity contribution in [3.05, 3.63) is 81.6 Å². The summed E-state index contributed by atoms with van der Waals surface area (Å²) in [4.78, 5) is 103. The predicted octanol–water partition coefficient (Wildman–Crippen LogP) is 12.8. The molecule has 0 radical (unpaired) electrons. The minimum absolute atomic E-state index is 0. The largest absolute Gasteiger partial charge is 0.444 e. The number of hydrogen-bond donors (Lipinski definition) is 4. The monoisotopic (exact) mass is 1640 g/mol. The van der Waals surface area contributed by atoms with Crippen LogP contribution in [0, 0.1) is 0 Å². The van der Waals surface area contributed by atoms with Crippen LogP contribution < -0.4 is 21.7 Å². The van der Waals surface area contributed by atoms with E-state index in [-0.39, 0.29) is 80.2 Å². The van der Waals surface area contributed by atoms with Crippen molar-refractivity contribution in [2.75, 3.05) is 97.7 Å². The van der Waals surface area contributed by atoms with Crippen molar-refractivity contribution in [3.8, 4) is 0 Å². The highest BCUT2D eigenvalue weighted by Crippen LogP contribution is 2.37. The number of ether oxygens (including phenoxy) is 7. The predicted molar refractivity (Wildman–Crippen MR) is 429 cm³/mol. The second kappa shape index (κ2) is 44.4.